The third-order valence-electron chi connectivity index (χ3n) is 2.78. The lowest BCUT2D eigenvalue weighted by atomic mass is 10.0. The minimum atomic E-state index is -0.247. The monoisotopic (exact) mass is 261 g/mol. The largest absolute Gasteiger partial charge is 0.351 e. The average molecular weight is 261 g/mol. The predicted octanol–water partition coefficient (Wildman–Crippen LogP) is 3.13. The van der Waals surface area contributed by atoms with Crippen molar-refractivity contribution in [1.82, 2.24) is 5.32 Å². The van der Waals surface area contributed by atoms with Gasteiger partial charge in [-0.2, -0.15) is 0 Å². The van der Waals surface area contributed by atoms with Crippen LogP contribution in [0.3, 0.4) is 0 Å². The van der Waals surface area contributed by atoms with E-state index in [4.69, 9.17) is 0 Å². The molecule has 19 heavy (non-hydrogen) atoms. The molecule has 0 bridgehead atoms. The molecule has 3 heteroatoms. The van der Waals surface area contributed by atoms with Crippen LogP contribution in [0.1, 0.15) is 56.5 Å². The van der Waals surface area contributed by atoms with E-state index in [9.17, 15) is 9.59 Å². The number of nitrogens with one attached hydrogen (secondary N) is 1. The van der Waals surface area contributed by atoms with Crippen LogP contribution < -0.4 is 5.32 Å². The highest BCUT2D eigenvalue weighted by atomic mass is 16.2. The molecule has 1 N–H and O–H groups in total. The molecule has 3 nitrogen and oxygen atoms in total. The summed E-state index contributed by atoms with van der Waals surface area (Å²) in [4.78, 5) is 23.6. The van der Waals surface area contributed by atoms with Crippen molar-refractivity contribution in [2.75, 3.05) is 0 Å². The molecule has 0 saturated heterocycles. The first kappa shape index (κ1) is 15.4. The lowest BCUT2D eigenvalue weighted by Crippen LogP contribution is -2.40. The number of amides is 1. The molecule has 1 aromatic carbocycles. The van der Waals surface area contributed by atoms with Gasteiger partial charge in [-0.3, -0.25) is 9.59 Å². The Labute approximate surface area is 115 Å². The van der Waals surface area contributed by atoms with Gasteiger partial charge in [-0.15, -0.1) is 0 Å². The number of ketones is 1. The van der Waals surface area contributed by atoms with Gasteiger partial charge in [-0.25, -0.2) is 0 Å². The molecule has 0 aliphatic heterocycles. The van der Waals surface area contributed by atoms with Crippen molar-refractivity contribution in [2.45, 2.75) is 52.5 Å². The Morgan fingerprint density at radius 1 is 1.05 bits per heavy atom. The van der Waals surface area contributed by atoms with E-state index in [0.717, 1.165) is 6.42 Å². The quantitative estimate of drug-likeness (QED) is 0.828. The van der Waals surface area contributed by atoms with Crippen molar-refractivity contribution in [3.05, 3.63) is 35.4 Å². The minimum absolute atomic E-state index is 0.0201. The summed E-state index contributed by atoms with van der Waals surface area (Å²) in [6.45, 7) is 7.86. The highest BCUT2D eigenvalue weighted by molar-refractivity contribution is 5.98. The summed E-state index contributed by atoms with van der Waals surface area (Å²) in [5, 5.41) is 2.85. The van der Waals surface area contributed by atoms with Gasteiger partial charge in [0, 0.05) is 23.9 Å². The molecular formula is C16H23NO2. The lowest BCUT2D eigenvalue weighted by molar-refractivity contribution is -0.122. The number of carbonyl (C=O) groups is 2. The van der Waals surface area contributed by atoms with Gasteiger partial charge < -0.3 is 5.32 Å². The molecule has 1 aromatic rings. The second-order valence-corrected chi connectivity index (χ2v) is 5.77. The van der Waals surface area contributed by atoms with E-state index >= 15 is 0 Å². The fraction of sp³-hybridized carbons (Fsp3) is 0.500. The van der Waals surface area contributed by atoms with Crippen LogP contribution in [0.25, 0.3) is 0 Å². The van der Waals surface area contributed by atoms with E-state index in [0.29, 0.717) is 5.56 Å². The van der Waals surface area contributed by atoms with Crippen LogP contribution in [-0.4, -0.2) is 17.2 Å². The first-order valence-electron chi connectivity index (χ1n) is 6.75. The Morgan fingerprint density at radius 3 is 2.11 bits per heavy atom. The van der Waals surface area contributed by atoms with Crippen molar-refractivity contribution in [3.63, 3.8) is 0 Å². The molecule has 0 fully saturated rings. The molecule has 0 saturated carbocycles. The highest BCUT2D eigenvalue weighted by Crippen LogP contribution is 2.09. The van der Waals surface area contributed by atoms with Crippen molar-refractivity contribution in [2.24, 2.45) is 0 Å². The highest BCUT2D eigenvalue weighted by Gasteiger charge is 2.15. The van der Waals surface area contributed by atoms with Crippen LogP contribution in [0.2, 0.25) is 0 Å². The Bertz CT molecular complexity index is 441. The van der Waals surface area contributed by atoms with Crippen LogP contribution in [-0.2, 0) is 11.2 Å². The van der Waals surface area contributed by atoms with Crippen molar-refractivity contribution in [1.29, 1.82) is 0 Å². The van der Waals surface area contributed by atoms with Crippen molar-refractivity contribution < 1.29 is 9.59 Å². The van der Waals surface area contributed by atoms with E-state index < -0.39 is 0 Å². The molecular weight excluding hydrogens is 238 g/mol. The fourth-order valence-corrected chi connectivity index (χ4v) is 1.78. The van der Waals surface area contributed by atoms with Gasteiger partial charge >= 0.3 is 0 Å². The summed E-state index contributed by atoms with van der Waals surface area (Å²) in [5.74, 6) is -0.0576. The number of benzene rings is 1. The third kappa shape index (κ3) is 5.69. The summed E-state index contributed by atoms with van der Waals surface area (Å²) >= 11 is 0. The number of rotatable bonds is 5. The molecule has 0 heterocycles. The minimum Gasteiger partial charge on any atom is -0.351 e. The first-order valence-corrected chi connectivity index (χ1v) is 6.75. The fourth-order valence-electron chi connectivity index (χ4n) is 1.78. The van der Waals surface area contributed by atoms with Gasteiger partial charge in [-0.1, -0.05) is 31.2 Å². The predicted molar refractivity (Wildman–Crippen MR) is 77.3 cm³/mol. The molecule has 0 aliphatic rings. The summed E-state index contributed by atoms with van der Waals surface area (Å²) in [5.41, 5.74) is 1.64. The second-order valence-electron chi connectivity index (χ2n) is 5.77. The smallest absolute Gasteiger partial charge is 0.220 e. The zero-order chi connectivity index (χ0) is 14.5. The van der Waals surface area contributed by atoms with Gasteiger partial charge in [0.1, 0.15) is 0 Å². The summed E-state index contributed by atoms with van der Waals surface area (Å²) in [6, 6.07) is 7.59. The Hall–Kier alpha value is -1.64. The van der Waals surface area contributed by atoms with E-state index in [1.54, 1.807) is 0 Å². The van der Waals surface area contributed by atoms with Crippen LogP contribution in [0.4, 0.5) is 0 Å². The first-order chi connectivity index (χ1) is 8.81. The van der Waals surface area contributed by atoms with Crippen LogP contribution in [0.15, 0.2) is 24.3 Å². The van der Waals surface area contributed by atoms with Gasteiger partial charge in [0.05, 0.1) is 0 Å². The number of hydrogen-bond acceptors (Lipinski definition) is 2. The van der Waals surface area contributed by atoms with Gasteiger partial charge in [0.2, 0.25) is 5.91 Å². The SMILES string of the molecule is CCc1ccc(C(=O)CCC(=O)NC(C)(C)C)cc1. The topological polar surface area (TPSA) is 46.2 Å². The zero-order valence-corrected chi connectivity index (χ0v) is 12.2. The second kappa shape index (κ2) is 6.50. The maximum atomic E-state index is 11.9. The summed E-state index contributed by atoms with van der Waals surface area (Å²) in [7, 11) is 0. The zero-order valence-electron chi connectivity index (χ0n) is 12.2. The molecule has 0 aliphatic carbocycles. The van der Waals surface area contributed by atoms with E-state index in [-0.39, 0.29) is 30.1 Å². The van der Waals surface area contributed by atoms with E-state index in [1.165, 1.54) is 5.56 Å². The number of Topliss-reactive ketones (excluding diaryl/α,β-unsaturated/α-hetero) is 1. The average Bonchev–Trinajstić information content (AvgIpc) is 2.34. The Balaban J connectivity index is 2.49. The third-order valence-corrected chi connectivity index (χ3v) is 2.78. The maximum absolute atomic E-state index is 11.9. The molecule has 0 radical (unpaired) electrons. The van der Waals surface area contributed by atoms with Crippen LogP contribution >= 0.6 is 0 Å². The van der Waals surface area contributed by atoms with Crippen LogP contribution in [0.5, 0.6) is 0 Å². The van der Waals surface area contributed by atoms with Crippen molar-refractivity contribution in [3.8, 4) is 0 Å². The molecule has 0 unspecified atom stereocenters. The molecule has 1 rings (SSSR count). The summed E-state index contributed by atoms with van der Waals surface area (Å²) in [6.07, 6.45) is 1.46. The maximum Gasteiger partial charge on any atom is 0.220 e. The normalized spacial score (nSPS) is 11.2. The molecule has 1 amide bonds. The molecule has 104 valence electrons. The Morgan fingerprint density at radius 2 is 1.63 bits per heavy atom. The molecule has 0 spiro atoms. The summed E-state index contributed by atoms with van der Waals surface area (Å²) < 4.78 is 0. The standard InChI is InChI=1S/C16H23NO2/c1-5-12-6-8-13(9-7-12)14(18)10-11-15(19)17-16(2,3)4/h6-9H,5,10-11H2,1-4H3,(H,17,19). The molecule has 0 atom stereocenters. The van der Waals surface area contributed by atoms with E-state index in [2.05, 4.69) is 12.2 Å². The Kier molecular flexibility index (Phi) is 5.28. The number of aryl methyl sites for hydroxylation is 1. The number of carbonyl (C=O) groups excluding carboxylic acids is 2. The van der Waals surface area contributed by atoms with Crippen LogP contribution in [0, 0.1) is 0 Å². The number of hydrogen-bond donors (Lipinski definition) is 1. The van der Waals surface area contributed by atoms with E-state index in [1.807, 2.05) is 45.0 Å². The lowest BCUT2D eigenvalue weighted by Gasteiger charge is -2.20. The van der Waals surface area contributed by atoms with Gasteiger partial charge in [-0.05, 0) is 32.8 Å². The molecule has 0 aromatic heterocycles. The van der Waals surface area contributed by atoms with Crippen molar-refractivity contribution >= 4 is 11.7 Å². The van der Waals surface area contributed by atoms with Gasteiger partial charge in [0.25, 0.3) is 0 Å². The van der Waals surface area contributed by atoms with Gasteiger partial charge in [0.15, 0.2) is 5.78 Å².